The van der Waals surface area contributed by atoms with E-state index in [1.807, 2.05) is 6.92 Å². The average Bonchev–Trinajstić information content (AvgIpc) is 2.33. The van der Waals surface area contributed by atoms with E-state index >= 15 is 0 Å². The highest BCUT2D eigenvalue weighted by Gasteiger charge is 2.18. The predicted molar refractivity (Wildman–Crippen MR) is 71.3 cm³/mol. The van der Waals surface area contributed by atoms with Crippen LogP contribution in [-0.2, 0) is 0 Å². The van der Waals surface area contributed by atoms with Crippen LogP contribution >= 0.6 is 11.6 Å². The number of carbonyl (C=O) groups excluding carboxylic acids is 1. The van der Waals surface area contributed by atoms with Crippen molar-refractivity contribution in [3.05, 3.63) is 23.8 Å². The molecule has 0 bridgehead atoms. The Kier molecular flexibility index (Phi) is 5.78. The van der Waals surface area contributed by atoms with E-state index in [4.69, 9.17) is 11.6 Å². The molecular formula is C13H18ClNO3. The maximum atomic E-state index is 12.2. The van der Waals surface area contributed by atoms with E-state index in [1.165, 1.54) is 12.1 Å². The predicted octanol–water partition coefficient (Wildman–Crippen LogP) is 2.58. The van der Waals surface area contributed by atoms with Gasteiger partial charge in [0, 0.05) is 25.0 Å². The smallest absolute Gasteiger partial charge is 0.257 e. The summed E-state index contributed by atoms with van der Waals surface area (Å²) in [7, 11) is 0. The first kappa shape index (κ1) is 14.6. The number of phenolic OH excluding ortho intramolecular Hbond substituents is 2. The molecule has 1 rings (SSSR count). The molecule has 100 valence electrons. The zero-order chi connectivity index (χ0) is 13.5. The highest BCUT2D eigenvalue weighted by atomic mass is 35.5. The Hall–Kier alpha value is -1.42. The number of unbranched alkanes of at least 4 members (excludes halogenated alkanes) is 1. The first-order valence-electron chi connectivity index (χ1n) is 5.97. The maximum Gasteiger partial charge on any atom is 0.257 e. The summed E-state index contributed by atoms with van der Waals surface area (Å²) in [6.07, 6.45) is 1.87. The molecule has 0 aliphatic carbocycles. The number of alkyl halides is 1. The standard InChI is InChI=1S/C13H18ClNO3/c1-2-3-7-15(8-6-14)13(18)11-5-4-10(16)9-12(11)17/h4-5,9,16-17H,2-3,6-8H2,1H3. The van der Waals surface area contributed by atoms with Gasteiger partial charge in [0.15, 0.2) is 0 Å². The zero-order valence-corrected chi connectivity index (χ0v) is 11.2. The highest BCUT2D eigenvalue weighted by Crippen LogP contribution is 2.24. The van der Waals surface area contributed by atoms with Crippen molar-refractivity contribution in [2.24, 2.45) is 0 Å². The number of rotatable bonds is 6. The van der Waals surface area contributed by atoms with E-state index in [0.29, 0.717) is 19.0 Å². The summed E-state index contributed by atoms with van der Waals surface area (Å²) in [5, 5.41) is 18.9. The minimum absolute atomic E-state index is 0.0681. The van der Waals surface area contributed by atoms with Crippen LogP contribution in [0.4, 0.5) is 0 Å². The molecule has 0 spiro atoms. The van der Waals surface area contributed by atoms with E-state index in [1.54, 1.807) is 4.90 Å². The van der Waals surface area contributed by atoms with Crippen LogP contribution in [0.1, 0.15) is 30.1 Å². The third-order valence-electron chi connectivity index (χ3n) is 2.63. The molecule has 0 saturated heterocycles. The summed E-state index contributed by atoms with van der Waals surface area (Å²) < 4.78 is 0. The van der Waals surface area contributed by atoms with Crippen LogP contribution in [0, 0.1) is 0 Å². The van der Waals surface area contributed by atoms with Gasteiger partial charge in [-0.1, -0.05) is 13.3 Å². The third-order valence-corrected chi connectivity index (χ3v) is 2.80. The fourth-order valence-electron chi connectivity index (χ4n) is 1.64. The molecule has 0 aliphatic heterocycles. The lowest BCUT2D eigenvalue weighted by molar-refractivity contribution is 0.0760. The number of nitrogens with zero attached hydrogens (tertiary/aromatic N) is 1. The summed E-state index contributed by atoms with van der Waals surface area (Å²) in [5.74, 6) is -0.187. The van der Waals surface area contributed by atoms with Crippen LogP contribution < -0.4 is 0 Å². The molecule has 0 unspecified atom stereocenters. The van der Waals surface area contributed by atoms with E-state index in [9.17, 15) is 15.0 Å². The van der Waals surface area contributed by atoms with Gasteiger partial charge >= 0.3 is 0 Å². The second-order valence-corrected chi connectivity index (χ2v) is 4.41. The van der Waals surface area contributed by atoms with E-state index in [2.05, 4.69) is 0 Å². The number of benzene rings is 1. The van der Waals surface area contributed by atoms with Crippen molar-refractivity contribution < 1.29 is 15.0 Å². The minimum Gasteiger partial charge on any atom is -0.508 e. The molecule has 1 amide bonds. The monoisotopic (exact) mass is 271 g/mol. The number of hydrogen-bond acceptors (Lipinski definition) is 3. The Morgan fingerprint density at radius 1 is 1.33 bits per heavy atom. The first-order chi connectivity index (χ1) is 8.60. The summed E-state index contributed by atoms with van der Waals surface area (Å²) in [6, 6.07) is 3.96. The van der Waals surface area contributed by atoms with Gasteiger partial charge in [-0.2, -0.15) is 0 Å². The Labute approximate surface area is 112 Å². The van der Waals surface area contributed by atoms with Gasteiger partial charge in [-0.05, 0) is 18.6 Å². The molecule has 2 N–H and O–H groups in total. The quantitative estimate of drug-likeness (QED) is 0.782. The second-order valence-electron chi connectivity index (χ2n) is 4.04. The van der Waals surface area contributed by atoms with Gasteiger partial charge in [-0.15, -0.1) is 11.6 Å². The van der Waals surface area contributed by atoms with Gasteiger partial charge < -0.3 is 15.1 Å². The highest BCUT2D eigenvalue weighted by molar-refractivity contribution is 6.18. The van der Waals surface area contributed by atoms with Crippen molar-refractivity contribution in [3.8, 4) is 11.5 Å². The van der Waals surface area contributed by atoms with Gasteiger partial charge in [0.05, 0.1) is 5.56 Å². The van der Waals surface area contributed by atoms with Gasteiger partial charge in [0.2, 0.25) is 0 Å². The zero-order valence-electron chi connectivity index (χ0n) is 10.4. The van der Waals surface area contributed by atoms with Crippen molar-refractivity contribution in [1.29, 1.82) is 0 Å². The van der Waals surface area contributed by atoms with E-state index in [0.717, 1.165) is 18.9 Å². The first-order valence-corrected chi connectivity index (χ1v) is 6.50. The number of amides is 1. The Morgan fingerprint density at radius 2 is 2.06 bits per heavy atom. The van der Waals surface area contributed by atoms with Crippen molar-refractivity contribution >= 4 is 17.5 Å². The van der Waals surface area contributed by atoms with Crippen LogP contribution in [0.25, 0.3) is 0 Å². The fourth-order valence-corrected chi connectivity index (χ4v) is 1.84. The van der Waals surface area contributed by atoms with Crippen molar-refractivity contribution in [2.45, 2.75) is 19.8 Å². The Balaban J connectivity index is 2.87. The largest absolute Gasteiger partial charge is 0.508 e. The van der Waals surface area contributed by atoms with Gasteiger partial charge in [0.25, 0.3) is 5.91 Å². The van der Waals surface area contributed by atoms with Crippen LogP contribution in [0.5, 0.6) is 11.5 Å². The number of halogens is 1. The van der Waals surface area contributed by atoms with Crippen LogP contribution in [-0.4, -0.2) is 40.0 Å². The molecule has 0 aromatic heterocycles. The molecule has 5 heteroatoms. The maximum absolute atomic E-state index is 12.2. The van der Waals surface area contributed by atoms with E-state index in [-0.39, 0.29) is 23.0 Å². The molecule has 0 saturated carbocycles. The Morgan fingerprint density at radius 3 is 2.61 bits per heavy atom. The summed E-state index contributed by atoms with van der Waals surface area (Å²) in [4.78, 5) is 13.8. The lowest BCUT2D eigenvalue weighted by Crippen LogP contribution is -2.33. The van der Waals surface area contributed by atoms with Crippen LogP contribution in [0.3, 0.4) is 0 Å². The SMILES string of the molecule is CCCCN(CCCl)C(=O)c1ccc(O)cc1O. The summed E-state index contributed by atoms with van der Waals surface area (Å²) in [6.45, 7) is 3.10. The minimum atomic E-state index is -0.262. The molecular weight excluding hydrogens is 254 g/mol. The third kappa shape index (κ3) is 3.81. The molecule has 1 aromatic rings. The molecule has 4 nitrogen and oxygen atoms in total. The lowest BCUT2D eigenvalue weighted by Gasteiger charge is -2.22. The molecule has 0 heterocycles. The average molecular weight is 272 g/mol. The van der Waals surface area contributed by atoms with Gasteiger partial charge in [0.1, 0.15) is 11.5 Å². The topological polar surface area (TPSA) is 60.8 Å². The second kappa shape index (κ2) is 7.11. The van der Waals surface area contributed by atoms with Crippen molar-refractivity contribution in [3.63, 3.8) is 0 Å². The molecule has 1 aromatic carbocycles. The van der Waals surface area contributed by atoms with Crippen molar-refractivity contribution in [2.75, 3.05) is 19.0 Å². The van der Waals surface area contributed by atoms with Crippen LogP contribution in [0.2, 0.25) is 0 Å². The number of hydrogen-bond donors (Lipinski definition) is 2. The normalized spacial score (nSPS) is 10.3. The summed E-state index contributed by atoms with van der Waals surface area (Å²) >= 11 is 5.68. The van der Waals surface area contributed by atoms with Crippen molar-refractivity contribution in [1.82, 2.24) is 4.90 Å². The molecule has 0 aliphatic rings. The van der Waals surface area contributed by atoms with Gasteiger partial charge in [-0.3, -0.25) is 4.79 Å². The number of aromatic hydroxyl groups is 2. The molecule has 0 radical (unpaired) electrons. The fraction of sp³-hybridized carbons (Fsp3) is 0.462. The van der Waals surface area contributed by atoms with Gasteiger partial charge in [-0.25, -0.2) is 0 Å². The number of carbonyl (C=O) groups is 1. The Bertz CT molecular complexity index is 409. The summed E-state index contributed by atoms with van der Waals surface area (Å²) in [5.41, 5.74) is 0.189. The van der Waals surface area contributed by atoms with Crippen LogP contribution in [0.15, 0.2) is 18.2 Å². The molecule has 18 heavy (non-hydrogen) atoms. The van der Waals surface area contributed by atoms with E-state index < -0.39 is 0 Å². The lowest BCUT2D eigenvalue weighted by atomic mass is 10.1. The molecule has 0 fully saturated rings. The molecule has 0 atom stereocenters. The number of phenols is 2.